The van der Waals surface area contributed by atoms with E-state index in [0.717, 1.165) is 5.56 Å². The van der Waals surface area contributed by atoms with Crippen LogP contribution in [0.25, 0.3) is 0 Å². The van der Waals surface area contributed by atoms with Crippen molar-refractivity contribution in [1.82, 2.24) is 10.6 Å². The van der Waals surface area contributed by atoms with Crippen molar-refractivity contribution >= 4 is 11.8 Å². The van der Waals surface area contributed by atoms with Crippen molar-refractivity contribution in [3.63, 3.8) is 0 Å². The fourth-order valence-corrected chi connectivity index (χ4v) is 1.32. The zero-order chi connectivity index (χ0) is 13.4. The van der Waals surface area contributed by atoms with E-state index >= 15 is 0 Å². The number of hydrogen-bond acceptors (Lipinski definition) is 2. The molecule has 0 saturated carbocycles. The molecular weight excluding hydrogens is 228 g/mol. The van der Waals surface area contributed by atoms with Crippen LogP contribution in [0.1, 0.15) is 19.4 Å². The van der Waals surface area contributed by atoms with Crippen LogP contribution in [0, 0.1) is 11.8 Å². The average molecular weight is 244 g/mol. The van der Waals surface area contributed by atoms with Gasteiger partial charge in [-0.2, -0.15) is 0 Å². The molecule has 2 amide bonds. The largest absolute Gasteiger partial charge is 0.345 e. The Bertz CT molecular complexity index is 472. The molecule has 1 aromatic carbocycles. The second kappa shape index (κ2) is 7.13. The first-order valence-corrected chi connectivity index (χ1v) is 5.68. The summed E-state index contributed by atoms with van der Waals surface area (Å²) in [5.74, 6) is 5.30. The summed E-state index contributed by atoms with van der Waals surface area (Å²) in [7, 11) is 0. The average Bonchev–Trinajstić information content (AvgIpc) is 2.34. The van der Waals surface area contributed by atoms with Crippen LogP contribution in [0.2, 0.25) is 0 Å². The summed E-state index contributed by atoms with van der Waals surface area (Å²) in [5, 5.41) is 5.13. The third-order valence-electron chi connectivity index (χ3n) is 2.17. The molecule has 4 nitrogen and oxygen atoms in total. The number of carbonyl (C=O) groups is 2. The molecule has 0 spiro atoms. The Morgan fingerprint density at radius 2 is 1.94 bits per heavy atom. The molecule has 1 rings (SSSR count). The van der Waals surface area contributed by atoms with Crippen LogP contribution in [-0.2, 0) is 9.59 Å². The molecule has 0 aliphatic rings. The van der Waals surface area contributed by atoms with Crippen molar-refractivity contribution in [2.45, 2.75) is 19.9 Å². The predicted octanol–water partition coefficient (Wildman–Crippen LogP) is 0.679. The van der Waals surface area contributed by atoms with Gasteiger partial charge in [0, 0.05) is 12.5 Å². The first-order valence-electron chi connectivity index (χ1n) is 5.68. The topological polar surface area (TPSA) is 58.2 Å². The van der Waals surface area contributed by atoms with Gasteiger partial charge in [-0.1, -0.05) is 30.0 Å². The second-order valence-electron chi connectivity index (χ2n) is 3.81. The predicted molar refractivity (Wildman–Crippen MR) is 69.6 cm³/mol. The van der Waals surface area contributed by atoms with Gasteiger partial charge in [-0.15, -0.1) is 0 Å². The van der Waals surface area contributed by atoms with Crippen molar-refractivity contribution < 1.29 is 9.59 Å². The summed E-state index contributed by atoms with van der Waals surface area (Å²) in [6, 6.07) is 8.98. The van der Waals surface area contributed by atoms with Crippen molar-refractivity contribution in [3.05, 3.63) is 35.9 Å². The number of hydrogen-bond donors (Lipinski definition) is 2. The van der Waals surface area contributed by atoms with Gasteiger partial charge in [0.05, 0.1) is 6.54 Å². The summed E-state index contributed by atoms with van der Waals surface area (Å²) < 4.78 is 0. The molecule has 94 valence electrons. The molecule has 0 saturated heterocycles. The van der Waals surface area contributed by atoms with Crippen LogP contribution in [-0.4, -0.2) is 24.4 Å². The molecule has 0 fully saturated rings. The monoisotopic (exact) mass is 244 g/mol. The lowest BCUT2D eigenvalue weighted by atomic mass is 10.2. The van der Waals surface area contributed by atoms with Gasteiger partial charge in [0.2, 0.25) is 11.8 Å². The number of carbonyl (C=O) groups excluding carboxylic acids is 2. The van der Waals surface area contributed by atoms with E-state index < -0.39 is 6.04 Å². The van der Waals surface area contributed by atoms with Gasteiger partial charge in [0.15, 0.2) is 0 Å². The Morgan fingerprint density at radius 3 is 2.56 bits per heavy atom. The van der Waals surface area contributed by atoms with Gasteiger partial charge in [-0.05, 0) is 19.1 Å². The summed E-state index contributed by atoms with van der Waals surface area (Å²) >= 11 is 0. The van der Waals surface area contributed by atoms with E-state index in [4.69, 9.17) is 0 Å². The van der Waals surface area contributed by atoms with Gasteiger partial charge in [0.1, 0.15) is 6.04 Å². The van der Waals surface area contributed by atoms with E-state index in [-0.39, 0.29) is 18.4 Å². The normalized spacial score (nSPS) is 10.8. The third kappa shape index (κ3) is 5.17. The summed E-state index contributed by atoms with van der Waals surface area (Å²) in [5.41, 5.74) is 0.904. The van der Waals surface area contributed by atoms with Crippen molar-refractivity contribution in [2.24, 2.45) is 0 Å². The Hall–Kier alpha value is -2.28. The smallest absolute Gasteiger partial charge is 0.243 e. The number of nitrogens with one attached hydrogen (secondary N) is 2. The lowest BCUT2D eigenvalue weighted by Crippen LogP contribution is -2.44. The minimum atomic E-state index is -0.541. The summed E-state index contributed by atoms with van der Waals surface area (Å²) in [4.78, 5) is 22.3. The molecule has 0 radical (unpaired) electrons. The molecule has 0 heterocycles. The first-order chi connectivity index (χ1) is 8.59. The molecule has 0 aliphatic heterocycles. The maximum atomic E-state index is 11.5. The maximum Gasteiger partial charge on any atom is 0.243 e. The Balaban J connectivity index is 2.36. The van der Waals surface area contributed by atoms with Gasteiger partial charge < -0.3 is 10.6 Å². The summed E-state index contributed by atoms with van der Waals surface area (Å²) in [6.07, 6.45) is 0. The first kappa shape index (κ1) is 13.8. The molecule has 18 heavy (non-hydrogen) atoms. The van der Waals surface area contributed by atoms with Gasteiger partial charge in [0.25, 0.3) is 0 Å². The Labute approximate surface area is 107 Å². The minimum absolute atomic E-state index is 0.229. The van der Waals surface area contributed by atoms with E-state index in [9.17, 15) is 9.59 Å². The highest BCUT2D eigenvalue weighted by Crippen LogP contribution is 1.94. The molecule has 1 atom stereocenters. The maximum absolute atomic E-state index is 11.5. The van der Waals surface area contributed by atoms with Crippen LogP contribution in [0.4, 0.5) is 0 Å². The third-order valence-corrected chi connectivity index (χ3v) is 2.17. The van der Waals surface area contributed by atoms with Gasteiger partial charge in [-0.25, -0.2) is 0 Å². The number of rotatable bonds is 3. The fraction of sp³-hybridized carbons (Fsp3) is 0.286. The van der Waals surface area contributed by atoms with Crippen LogP contribution < -0.4 is 10.6 Å². The molecule has 4 heteroatoms. The van der Waals surface area contributed by atoms with E-state index in [1.54, 1.807) is 6.92 Å². The summed E-state index contributed by atoms with van der Waals surface area (Å²) in [6.45, 7) is 3.26. The lowest BCUT2D eigenvalue weighted by Gasteiger charge is -2.10. The molecule has 1 unspecified atom stereocenters. The van der Waals surface area contributed by atoms with Crippen LogP contribution in [0.5, 0.6) is 0 Å². The quantitative estimate of drug-likeness (QED) is 0.768. The lowest BCUT2D eigenvalue weighted by molar-refractivity contribution is -0.127. The Kier molecular flexibility index (Phi) is 5.46. The minimum Gasteiger partial charge on any atom is -0.345 e. The number of amides is 2. The highest BCUT2D eigenvalue weighted by molar-refractivity contribution is 5.86. The standard InChI is InChI=1S/C14H16N2O2/c1-11(16-12(2)17)14(18)15-10-6-9-13-7-4-3-5-8-13/h3-5,7-8,11H,10H2,1-2H3,(H,15,18)(H,16,17). The van der Waals surface area contributed by atoms with Crippen LogP contribution >= 0.6 is 0 Å². The van der Waals surface area contributed by atoms with E-state index in [2.05, 4.69) is 22.5 Å². The van der Waals surface area contributed by atoms with Crippen molar-refractivity contribution in [2.75, 3.05) is 6.54 Å². The van der Waals surface area contributed by atoms with E-state index in [1.165, 1.54) is 6.92 Å². The van der Waals surface area contributed by atoms with Gasteiger partial charge in [-0.3, -0.25) is 9.59 Å². The van der Waals surface area contributed by atoms with Crippen molar-refractivity contribution in [1.29, 1.82) is 0 Å². The molecule has 0 aromatic heterocycles. The van der Waals surface area contributed by atoms with Crippen LogP contribution in [0.3, 0.4) is 0 Å². The Morgan fingerprint density at radius 1 is 1.28 bits per heavy atom. The SMILES string of the molecule is CC(=O)NC(C)C(=O)NCC#Cc1ccccc1. The highest BCUT2D eigenvalue weighted by Gasteiger charge is 2.11. The molecule has 1 aromatic rings. The molecule has 0 bridgehead atoms. The zero-order valence-electron chi connectivity index (χ0n) is 10.5. The highest BCUT2D eigenvalue weighted by atomic mass is 16.2. The molecular formula is C14H16N2O2. The van der Waals surface area contributed by atoms with E-state index in [0.29, 0.717) is 0 Å². The zero-order valence-corrected chi connectivity index (χ0v) is 10.5. The van der Waals surface area contributed by atoms with Crippen LogP contribution in [0.15, 0.2) is 30.3 Å². The van der Waals surface area contributed by atoms with E-state index in [1.807, 2.05) is 30.3 Å². The van der Waals surface area contributed by atoms with Crippen molar-refractivity contribution in [3.8, 4) is 11.8 Å². The second-order valence-corrected chi connectivity index (χ2v) is 3.81. The molecule has 0 aliphatic carbocycles. The number of benzene rings is 1. The van der Waals surface area contributed by atoms with Gasteiger partial charge >= 0.3 is 0 Å². The molecule has 2 N–H and O–H groups in total. The fourth-order valence-electron chi connectivity index (χ4n) is 1.32.